The average Bonchev–Trinajstić information content (AvgIpc) is 2.39. The summed E-state index contributed by atoms with van der Waals surface area (Å²) in [7, 11) is 0. The third-order valence-corrected chi connectivity index (χ3v) is 4.49. The van der Waals surface area contributed by atoms with Gasteiger partial charge in [0.25, 0.3) is 0 Å². The summed E-state index contributed by atoms with van der Waals surface area (Å²) in [6, 6.07) is 8.37. The van der Waals surface area contributed by atoms with Crippen LogP contribution in [0.1, 0.15) is 52.0 Å². The molecular weight excluding hydrogens is 234 g/mol. The van der Waals surface area contributed by atoms with Crippen LogP contribution in [0.25, 0.3) is 0 Å². The van der Waals surface area contributed by atoms with Crippen LogP contribution in [0.2, 0.25) is 0 Å². The molecule has 1 fully saturated rings. The third-order valence-electron chi connectivity index (χ3n) is 4.49. The number of hydrogen-bond acceptors (Lipinski definition) is 2. The van der Waals surface area contributed by atoms with Crippen molar-refractivity contribution in [2.45, 2.75) is 52.0 Å². The van der Waals surface area contributed by atoms with Gasteiger partial charge in [0.05, 0.1) is 6.61 Å². The molecule has 2 heteroatoms. The molecule has 0 bridgehead atoms. The van der Waals surface area contributed by atoms with Gasteiger partial charge in [0.1, 0.15) is 5.75 Å². The van der Waals surface area contributed by atoms with Crippen LogP contribution in [-0.4, -0.2) is 6.61 Å². The van der Waals surface area contributed by atoms with E-state index in [2.05, 4.69) is 32.0 Å². The SMILES string of the molecule is CCOc1cccc(C2(N)CCCC(C(C)C)C2)c1. The fourth-order valence-corrected chi connectivity index (χ4v) is 3.25. The number of ether oxygens (including phenoxy) is 1. The fourth-order valence-electron chi connectivity index (χ4n) is 3.25. The van der Waals surface area contributed by atoms with Crippen LogP contribution in [0, 0.1) is 11.8 Å². The standard InChI is InChI=1S/C17H27NO/c1-4-19-16-9-5-8-15(11-16)17(18)10-6-7-14(12-17)13(2)3/h5,8-9,11,13-14H,4,6-7,10,12,18H2,1-3H3. The maximum atomic E-state index is 6.72. The molecule has 0 radical (unpaired) electrons. The van der Waals surface area contributed by atoms with E-state index in [-0.39, 0.29) is 5.54 Å². The summed E-state index contributed by atoms with van der Waals surface area (Å²) >= 11 is 0. The van der Waals surface area contributed by atoms with Crippen LogP contribution < -0.4 is 10.5 Å². The number of nitrogens with two attached hydrogens (primary N) is 1. The van der Waals surface area contributed by atoms with Gasteiger partial charge in [0.15, 0.2) is 0 Å². The van der Waals surface area contributed by atoms with Gasteiger partial charge in [0, 0.05) is 5.54 Å². The maximum Gasteiger partial charge on any atom is 0.119 e. The van der Waals surface area contributed by atoms with Gasteiger partial charge in [-0.3, -0.25) is 0 Å². The number of rotatable bonds is 4. The van der Waals surface area contributed by atoms with E-state index < -0.39 is 0 Å². The van der Waals surface area contributed by atoms with Crippen LogP contribution in [0.5, 0.6) is 5.75 Å². The van der Waals surface area contributed by atoms with Gasteiger partial charge in [-0.15, -0.1) is 0 Å². The highest BCUT2D eigenvalue weighted by Crippen LogP contribution is 2.41. The van der Waals surface area contributed by atoms with Crippen molar-refractivity contribution in [1.82, 2.24) is 0 Å². The molecule has 2 rings (SSSR count). The minimum Gasteiger partial charge on any atom is -0.494 e. The Morgan fingerprint density at radius 3 is 2.89 bits per heavy atom. The van der Waals surface area contributed by atoms with E-state index in [1.807, 2.05) is 13.0 Å². The fraction of sp³-hybridized carbons (Fsp3) is 0.647. The van der Waals surface area contributed by atoms with Gasteiger partial charge in [-0.1, -0.05) is 38.8 Å². The molecule has 1 aliphatic rings. The van der Waals surface area contributed by atoms with Crippen LogP contribution in [0.4, 0.5) is 0 Å². The Morgan fingerprint density at radius 2 is 2.21 bits per heavy atom. The lowest BCUT2D eigenvalue weighted by molar-refractivity contribution is 0.183. The highest BCUT2D eigenvalue weighted by Gasteiger charge is 2.35. The number of hydrogen-bond donors (Lipinski definition) is 1. The second-order valence-electron chi connectivity index (χ2n) is 6.22. The first-order chi connectivity index (χ1) is 9.05. The summed E-state index contributed by atoms with van der Waals surface area (Å²) in [6.07, 6.45) is 4.74. The molecule has 2 N–H and O–H groups in total. The quantitative estimate of drug-likeness (QED) is 0.886. The van der Waals surface area contributed by atoms with Crippen molar-refractivity contribution in [2.24, 2.45) is 17.6 Å². The van der Waals surface area contributed by atoms with E-state index in [0.717, 1.165) is 30.4 Å². The Kier molecular flexibility index (Phi) is 4.51. The summed E-state index contributed by atoms with van der Waals surface area (Å²) in [4.78, 5) is 0. The molecule has 0 aliphatic heterocycles. The molecule has 0 amide bonds. The van der Waals surface area contributed by atoms with Crippen molar-refractivity contribution in [2.75, 3.05) is 6.61 Å². The lowest BCUT2D eigenvalue weighted by atomic mass is 9.69. The van der Waals surface area contributed by atoms with E-state index in [0.29, 0.717) is 6.61 Å². The molecular formula is C17H27NO. The van der Waals surface area contributed by atoms with Gasteiger partial charge >= 0.3 is 0 Å². The molecule has 1 aromatic carbocycles. The van der Waals surface area contributed by atoms with Crippen LogP contribution in [0.3, 0.4) is 0 Å². The van der Waals surface area contributed by atoms with Crippen molar-refractivity contribution >= 4 is 0 Å². The third kappa shape index (κ3) is 3.30. The molecule has 1 aromatic rings. The predicted molar refractivity (Wildman–Crippen MR) is 80.3 cm³/mol. The van der Waals surface area contributed by atoms with Crippen LogP contribution in [0.15, 0.2) is 24.3 Å². The first-order valence-electron chi connectivity index (χ1n) is 7.57. The van der Waals surface area contributed by atoms with Gasteiger partial charge in [-0.25, -0.2) is 0 Å². The lowest BCUT2D eigenvalue weighted by Gasteiger charge is -2.40. The molecule has 2 nitrogen and oxygen atoms in total. The van der Waals surface area contributed by atoms with Crippen molar-refractivity contribution in [1.29, 1.82) is 0 Å². The van der Waals surface area contributed by atoms with E-state index in [1.54, 1.807) is 0 Å². The van der Waals surface area contributed by atoms with E-state index in [4.69, 9.17) is 10.5 Å². The monoisotopic (exact) mass is 261 g/mol. The van der Waals surface area contributed by atoms with Gasteiger partial charge < -0.3 is 10.5 Å². The molecule has 0 aromatic heterocycles. The molecule has 2 atom stereocenters. The molecule has 1 aliphatic carbocycles. The van der Waals surface area contributed by atoms with E-state index >= 15 is 0 Å². The van der Waals surface area contributed by atoms with Crippen molar-refractivity contribution in [3.8, 4) is 5.75 Å². The van der Waals surface area contributed by atoms with Gasteiger partial charge in [-0.05, 0) is 49.3 Å². The molecule has 0 heterocycles. The molecule has 0 spiro atoms. The smallest absolute Gasteiger partial charge is 0.119 e. The molecule has 106 valence electrons. The molecule has 2 unspecified atom stereocenters. The van der Waals surface area contributed by atoms with Gasteiger partial charge in [0.2, 0.25) is 0 Å². The van der Waals surface area contributed by atoms with Crippen molar-refractivity contribution in [3.63, 3.8) is 0 Å². The highest BCUT2D eigenvalue weighted by molar-refractivity contribution is 5.33. The molecule has 1 saturated carbocycles. The topological polar surface area (TPSA) is 35.2 Å². The minimum absolute atomic E-state index is 0.166. The van der Waals surface area contributed by atoms with Gasteiger partial charge in [-0.2, -0.15) is 0 Å². The Balaban J connectivity index is 2.20. The minimum atomic E-state index is -0.166. The summed E-state index contributed by atoms with van der Waals surface area (Å²) in [5.41, 5.74) is 7.79. The highest BCUT2D eigenvalue weighted by atomic mass is 16.5. The summed E-state index contributed by atoms with van der Waals surface area (Å²) in [6.45, 7) is 7.34. The maximum absolute atomic E-state index is 6.72. The van der Waals surface area contributed by atoms with Crippen LogP contribution in [-0.2, 0) is 5.54 Å². The predicted octanol–water partition coefficient (Wildman–Crippen LogP) is 4.09. The normalized spacial score (nSPS) is 27.5. The Labute approximate surface area is 117 Å². The zero-order chi connectivity index (χ0) is 13.9. The van der Waals surface area contributed by atoms with E-state index in [9.17, 15) is 0 Å². The Hall–Kier alpha value is -1.02. The first-order valence-corrected chi connectivity index (χ1v) is 7.57. The molecule has 0 saturated heterocycles. The largest absolute Gasteiger partial charge is 0.494 e. The Bertz CT molecular complexity index is 415. The lowest BCUT2D eigenvalue weighted by Crippen LogP contribution is -2.42. The second-order valence-corrected chi connectivity index (χ2v) is 6.22. The first kappa shape index (κ1) is 14.4. The van der Waals surface area contributed by atoms with E-state index in [1.165, 1.54) is 18.4 Å². The van der Waals surface area contributed by atoms with Crippen LogP contribution >= 0.6 is 0 Å². The Morgan fingerprint density at radius 1 is 1.42 bits per heavy atom. The average molecular weight is 261 g/mol. The second kappa shape index (κ2) is 5.96. The van der Waals surface area contributed by atoms with Crippen molar-refractivity contribution < 1.29 is 4.74 Å². The zero-order valence-electron chi connectivity index (χ0n) is 12.5. The summed E-state index contributed by atoms with van der Waals surface area (Å²) < 4.78 is 5.60. The molecule has 19 heavy (non-hydrogen) atoms. The van der Waals surface area contributed by atoms with Crippen molar-refractivity contribution in [3.05, 3.63) is 29.8 Å². The summed E-state index contributed by atoms with van der Waals surface area (Å²) in [5, 5.41) is 0. The summed E-state index contributed by atoms with van der Waals surface area (Å²) in [5.74, 6) is 2.41. The zero-order valence-corrected chi connectivity index (χ0v) is 12.5. The number of benzene rings is 1.